The van der Waals surface area contributed by atoms with Crippen LogP contribution in [0.15, 0.2) is 12.1 Å². The zero-order valence-corrected chi connectivity index (χ0v) is 16.8. The maximum absolute atomic E-state index is 5.54. The first-order valence-electron chi connectivity index (χ1n) is 8.96. The molecule has 2 heterocycles. The molecule has 0 aliphatic heterocycles. The van der Waals surface area contributed by atoms with Crippen LogP contribution in [0.3, 0.4) is 0 Å². The van der Waals surface area contributed by atoms with E-state index in [0.29, 0.717) is 18.0 Å². The van der Waals surface area contributed by atoms with Gasteiger partial charge in [0.25, 0.3) is 0 Å². The number of methoxy groups -OCH3 is 3. The Hall–Kier alpha value is -2.54. The van der Waals surface area contributed by atoms with Gasteiger partial charge in [-0.25, -0.2) is 9.97 Å². The number of hydrogen-bond acceptors (Lipinski definition) is 7. The predicted molar refractivity (Wildman–Crippen MR) is 108 cm³/mol. The lowest BCUT2D eigenvalue weighted by atomic mass is 10.1. The van der Waals surface area contributed by atoms with Gasteiger partial charge in [-0.1, -0.05) is 0 Å². The largest absolute Gasteiger partial charge is 0.496 e. The van der Waals surface area contributed by atoms with E-state index < -0.39 is 0 Å². The van der Waals surface area contributed by atoms with Crippen molar-refractivity contribution in [1.82, 2.24) is 9.97 Å². The summed E-state index contributed by atoms with van der Waals surface area (Å²) in [5.41, 5.74) is 2.39. The van der Waals surface area contributed by atoms with Gasteiger partial charge < -0.3 is 19.5 Å². The van der Waals surface area contributed by atoms with Crippen LogP contribution in [-0.4, -0.2) is 31.3 Å². The van der Waals surface area contributed by atoms with Crippen LogP contribution in [-0.2, 0) is 19.4 Å². The summed E-state index contributed by atoms with van der Waals surface area (Å²) in [5.74, 6) is 3.75. The maximum atomic E-state index is 5.54. The van der Waals surface area contributed by atoms with Crippen molar-refractivity contribution in [1.29, 1.82) is 0 Å². The van der Waals surface area contributed by atoms with E-state index in [1.807, 2.05) is 19.1 Å². The van der Waals surface area contributed by atoms with Crippen LogP contribution in [0.25, 0.3) is 10.2 Å². The van der Waals surface area contributed by atoms with E-state index in [1.165, 1.54) is 22.2 Å². The van der Waals surface area contributed by atoms with Gasteiger partial charge in [-0.05, 0) is 37.8 Å². The van der Waals surface area contributed by atoms with Gasteiger partial charge in [0.2, 0.25) is 0 Å². The molecule has 4 rings (SSSR count). The fourth-order valence-electron chi connectivity index (χ4n) is 3.64. The lowest BCUT2D eigenvalue weighted by Gasteiger charge is -2.15. The lowest BCUT2D eigenvalue weighted by molar-refractivity contribution is 0.347. The van der Waals surface area contributed by atoms with Crippen LogP contribution < -0.4 is 19.5 Å². The highest BCUT2D eigenvalue weighted by molar-refractivity contribution is 7.19. The summed E-state index contributed by atoms with van der Waals surface area (Å²) < 4.78 is 16.3. The number of anilines is 1. The zero-order chi connectivity index (χ0) is 19.0. The number of aryl methyl sites for hydroxylation is 3. The molecular formula is C20H23N3O3S. The minimum Gasteiger partial charge on any atom is -0.496 e. The van der Waals surface area contributed by atoms with Gasteiger partial charge >= 0.3 is 0 Å². The van der Waals surface area contributed by atoms with E-state index in [9.17, 15) is 0 Å². The average molecular weight is 385 g/mol. The molecule has 0 atom stereocenters. The Bertz CT molecular complexity index is 1000. The lowest BCUT2D eigenvalue weighted by Crippen LogP contribution is -2.06. The third-order valence-electron chi connectivity index (χ3n) is 4.91. The monoisotopic (exact) mass is 385 g/mol. The van der Waals surface area contributed by atoms with Gasteiger partial charge in [-0.2, -0.15) is 0 Å². The van der Waals surface area contributed by atoms with Crippen molar-refractivity contribution < 1.29 is 14.2 Å². The second-order valence-corrected chi connectivity index (χ2v) is 7.61. The van der Waals surface area contributed by atoms with Gasteiger partial charge in [-0.15, -0.1) is 11.3 Å². The van der Waals surface area contributed by atoms with Gasteiger partial charge in [0.15, 0.2) is 11.5 Å². The Morgan fingerprint density at radius 3 is 2.48 bits per heavy atom. The summed E-state index contributed by atoms with van der Waals surface area (Å²) in [6.07, 6.45) is 3.47. The quantitative estimate of drug-likeness (QED) is 0.688. The number of fused-ring (bicyclic) bond motifs is 3. The number of aromatic nitrogens is 2. The molecule has 1 N–H and O–H groups in total. The number of ether oxygens (including phenoxy) is 3. The Morgan fingerprint density at radius 2 is 1.74 bits per heavy atom. The summed E-state index contributed by atoms with van der Waals surface area (Å²) in [7, 11) is 4.91. The first-order chi connectivity index (χ1) is 13.1. The predicted octanol–water partition coefficient (Wildman–Crippen LogP) is 4.13. The molecule has 0 radical (unpaired) electrons. The van der Waals surface area contributed by atoms with Crippen LogP contribution >= 0.6 is 11.3 Å². The highest BCUT2D eigenvalue weighted by atomic mass is 32.1. The normalized spacial score (nSPS) is 12.9. The van der Waals surface area contributed by atoms with Crippen molar-refractivity contribution in [2.24, 2.45) is 0 Å². The molecule has 1 aromatic carbocycles. The Kier molecular flexibility index (Phi) is 4.78. The summed E-state index contributed by atoms with van der Waals surface area (Å²) in [5, 5.41) is 4.68. The molecule has 0 unspecified atom stereocenters. The van der Waals surface area contributed by atoms with Gasteiger partial charge in [0.05, 0.1) is 26.7 Å². The second-order valence-electron chi connectivity index (χ2n) is 6.53. The molecule has 27 heavy (non-hydrogen) atoms. The maximum Gasteiger partial charge on any atom is 0.164 e. The number of benzene rings is 1. The van der Waals surface area contributed by atoms with Gasteiger partial charge in [-0.3, -0.25) is 0 Å². The molecule has 0 saturated carbocycles. The van der Waals surface area contributed by atoms with Crippen molar-refractivity contribution in [3.8, 4) is 17.2 Å². The first kappa shape index (κ1) is 17.9. The molecule has 0 fully saturated rings. The topological polar surface area (TPSA) is 65.5 Å². The smallest absolute Gasteiger partial charge is 0.164 e. The minimum atomic E-state index is 0.569. The van der Waals surface area contributed by atoms with Gasteiger partial charge in [0.1, 0.15) is 22.2 Å². The second kappa shape index (κ2) is 7.23. The molecular weight excluding hydrogens is 362 g/mol. The van der Waals surface area contributed by atoms with Crippen molar-refractivity contribution in [3.63, 3.8) is 0 Å². The Morgan fingerprint density at radius 1 is 1.00 bits per heavy atom. The van der Waals surface area contributed by atoms with E-state index in [4.69, 9.17) is 14.2 Å². The number of nitrogens with one attached hydrogen (secondary N) is 1. The van der Waals surface area contributed by atoms with E-state index in [0.717, 1.165) is 40.6 Å². The minimum absolute atomic E-state index is 0.569. The number of hydrogen-bond donors (Lipinski definition) is 1. The molecule has 0 spiro atoms. The standard InChI is InChI=1S/C20H23N3O3S/c1-11-22-19(18-13-6-5-7-17(13)27-20(18)23-11)21-10-12-8-15(25-3)16(26-4)9-14(12)24-2/h8-9H,5-7,10H2,1-4H3,(H,21,22,23). The van der Waals surface area contributed by atoms with Crippen LogP contribution in [0, 0.1) is 6.92 Å². The number of rotatable bonds is 6. The van der Waals surface area contributed by atoms with Crippen molar-refractivity contribution >= 4 is 27.4 Å². The molecule has 6 nitrogen and oxygen atoms in total. The molecule has 1 aliphatic carbocycles. The molecule has 0 amide bonds. The first-order valence-corrected chi connectivity index (χ1v) is 9.78. The highest BCUT2D eigenvalue weighted by Crippen LogP contribution is 2.40. The summed E-state index contributed by atoms with van der Waals surface area (Å²) in [6.45, 7) is 2.51. The van der Waals surface area contributed by atoms with E-state index in [1.54, 1.807) is 32.7 Å². The highest BCUT2D eigenvalue weighted by Gasteiger charge is 2.22. The third-order valence-corrected chi connectivity index (χ3v) is 6.10. The van der Waals surface area contributed by atoms with E-state index >= 15 is 0 Å². The van der Waals surface area contributed by atoms with Crippen molar-refractivity contribution in [2.45, 2.75) is 32.7 Å². The zero-order valence-electron chi connectivity index (χ0n) is 16.0. The van der Waals surface area contributed by atoms with Crippen molar-refractivity contribution in [2.75, 3.05) is 26.6 Å². The third kappa shape index (κ3) is 3.16. The van der Waals surface area contributed by atoms with E-state index in [-0.39, 0.29) is 0 Å². The van der Waals surface area contributed by atoms with E-state index in [2.05, 4.69) is 15.3 Å². The molecule has 142 valence electrons. The molecule has 0 bridgehead atoms. The van der Waals surface area contributed by atoms with Crippen LogP contribution in [0.5, 0.6) is 17.2 Å². The number of thiophene rings is 1. The summed E-state index contributed by atoms with van der Waals surface area (Å²) >= 11 is 1.80. The molecule has 1 aliphatic rings. The fourth-order valence-corrected chi connectivity index (χ4v) is 4.95. The van der Waals surface area contributed by atoms with Crippen molar-refractivity contribution in [3.05, 3.63) is 34.0 Å². The Balaban J connectivity index is 1.70. The molecule has 3 aromatic rings. The molecule has 0 saturated heterocycles. The number of nitrogens with zero attached hydrogens (tertiary/aromatic N) is 2. The summed E-state index contributed by atoms with van der Waals surface area (Å²) in [6, 6.07) is 3.78. The SMILES string of the molecule is COc1cc(OC)c(OC)cc1CNc1nc(C)nc2sc3c(c12)CCC3. The summed E-state index contributed by atoms with van der Waals surface area (Å²) in [4.78, 5) is 11.9. The Labute approximate surface area is 162 Å². The van der Waals surface area contributed by atoms with Crippen LogP contribution in [0.4, 0.5) is 5.82 Å². The molecule has 7 heteroatoms. The van der Waals surface area contributed by atoms with Gasteiger partial charge in [0, 0.05) is 23.1 Å². The fraction of sp³-hybridized carbons (Fsp3) is 0.400. The van der Waals surface area contributed by atoms with Crippen LogP contribution in [0.2, 0.25) is 0 Å². The molecule has 2 aromatic heterocycles. The van der Waals surface area contributed by atoms with Crippen LogP contribution in [0.1, 0.15) is 28.2 Å². The average Bonchev–Trinajstić information content (AvgIpc) is 3.25.